The van der Waals surface area contributed by atoms with E-state index in [1.165, 1.54) is 14.2 Å². The molecule has 1 aliphatic rings. The quantitative estimate of drug-likeness (QED) is 0.463. The molecular weight excluding hydrogens is 398 g/mol. The van der Waals surface area contributed by atoms with Crippen molar-refractivity contribution in [1.82, 2.24) is 4.90 Å². The monoisotopic (exact) mass is 421 g/mol. The summed E-state index contributed by atoms with van der Waals surface area (Å²) in [5, 5.41) is 0.681. The number of amides is 1. The molecule has 1 amide bonds. The molecule has 160 valence electrons. The van der Waals surface area contributed by atoms with Crippen LogP contribution in [0.3, 0.4) is 0 Å². The Labute approximate surface area is 179 Å². The van der Waals surface area contributed by atoms with E-state index in [0.29, 0.717) is 47.4 Å². The smallest absolute Gasteiger partial charge is 0.349 e. The Morgan fingerprint density at radius 2 is 1.81 bits per heavy atom. The Morgan fingerprint density at radius 1 is 1.03 bits per heavy atom. The second kappa shape index (κ2) is 8.63. The molecule has 0 saturated carbocycles. The largest absolute Gasteiger partial charge is 0.493 e. The second-order valence-electron chi connectivity index (χ2n) is 7.51. The molecule has 31 heavy (non-hydrogen) atoms. The van der Waals surface area contributed by atoms with E-state index in [9.17, 15) is 14.4 Å². The van der Waals surface area contributed by atoms with Crippen LogP contribution in [0, 0.1) is 5.92 Å². The first-order chi connectivity index (χ1) is 15.0. The van der Waals surface area contributed by atoms with E-state index in [0.717, 1.165) is 0 Å². The number of methoxy groups -OCH3 is 2. The van der Waals surface area contributed by atoms with Gasteiger partial charge in [-0.25, -0.2) is 4.79 Å². The van der Waals surface area contributed by atoms with E-state index in [2.05, 4.69) is 0 Å². The van der Waals surface area contributed by atoms with Gasteiger partial charge in [0.2, 0.25) is 0 Å². The van der Waals surface area contributed by atoms with E-state index >= 15 is 0 Å². The Morgan fingerprint density at radius 3 is 2.58 bits per heavy atom. The molecule has 1 aromatic heterocycles. The number of likely N-dealkylation sites (tertiary alicyclic amines) is 1. The summed E-state index contributed by atoms with van der Waals surface area (Å²) in [5.41, 5.74) is 0.251. The maximum absolute atomic E-state index is 13.1. The van der Waals surface area contributed by atoms with E-state index in [4.69, 9.17) is 13.9 Å². The van der Waals surface area contributed by atoms with Crippen LogP contribution in [0.15, 0.2) is 57.7 Å². The number of rotatable bonds is 5. The number of benzene rings is 2. The first kappa shape index (κ1) is 20.7. The molecule has 0 spiro atoms. The number of nitrogens with zero attached hydrogens (tertiary/aromatic N) is 1. The zero-order valence-electron chi connectivity index (χ0n) is 17.4. The lowest BCUT2D eigenvalue weighted by molar-refractivity contribution is 0.0633. The molecule has 0 aliphatic carbocycles. The van der Waals surface area contributed by atoms with Gasteiger partial charge in [0.05, 0.1) is 14.2 Å². The number of piperidine rings is 1. The minimum Gasteiger partial charge on any atom is -0.493 e. The summed E-state index contributed by atoms with van der Waals surface area (Å²) in [6.07, 6.45) is 1.34. The first-order valence-corrected chi connectivity index (χ1v) is 10.1. The van der Waals surface area contributed by atoms with Gasteiger partial charge in [-0.2, -0.15) is 0 Å². The van der Waals surface area contributed by atoms with Gasteiger partial charge >= 0.3 is 5.63 Å². The molecule has 0 bridgehead atoms. The number of hydrogen-bond acceptors (Lipinski definition) is 6. The van der Waals surface area contributed by atoms with Gasteiger partial charge in [-0.1, -0.05) is 18.2 Å². The molecule has 7 nitrogen and oxygen atoms in total. The molecule has 1 atom stereocenters. The van der Waals surface area contributed by atoms with Crippen molar-refractivity contribution in [3.8, 4) is 11.5 Å². The predicted octanol–water partition coefficient (Wildman–Crippen LogP) is 3.55. The van der Waals surface area contributed by atoms with Crippen molar-refractivity contribution in [2.24, 2.45) is 5.92 Å². The lowest BCUT2D eigenvalue weighted by Crippen LogP contribution is -2.43. The van der Waals surface area contributed by atoms with Crippen molar-refractivity contribution >= 4 is 22.7 Å². The summed E-state index contributed by atoms with van der Waals surface area (Å²) in [7, 11) is 3.05. The number of ether oxygens (including phenoxy) is 2. The molecule has 0 radical (unpaired) electrons. The Balaban J connectivity index is 1.56. The topological polar surface area (TPSA) is 86.0 Å². The highest BCUT2D eigenvalue weighted by Gasteiger charge is 2.31. The van der Waals surface area contributed by atoms with E-state index in [-0.39, 0.29) is 23.8 Å². The highest BCUT2D eigenvalue weighted by molar-refractivity contribution is 6.00. The lowest BCUT2D eigenvalue weighted by atomic mass is 9.89. The number of fused-ring (bicyclic) bond motifs is 1. The molecule has 2 aromatic carbocycles. The van der Waals surface area contributed by atoms with E-state index in [1.807, 2.05) is 6.07 Å². The molecule has 2 heterocycles. The van der Waals surface area contributed by atoms with Crippen LogP contribution >= 0.6 is 0 Å². The normalized spacial score (nSPS) is 16.2. The maximum Gasteiger partial charge on any atom is 0.349 e. The van der Waals surface area contributed by atoms with Gasteiger partial charge in [0, 0.05) is 30.0 Å². The maximum atomic E-state index is 13.1. The number of carbonyl (C=O) groups excluding carboxylic acids is 2. The Hall–Kier alpha value is -3.61. The number of para-hydroxylation sites is 1. The number of ketones is 1. The molecular formula is C24H23NO6. The fraction of sp³-hybridized carbons (Fsp3) is 0.292. The van der Waals surface area contributed by atoms with Crippen LogP contribution in [0.1, 0.15) is 33.6 Å². The third kappa shape index (κ3) is 4.03. The van der Waals surface area contributed by atoms with Gasteiger partial charge in [0.15, 0.2) is 17.3 Å². The standard InChI is InChI=1S/C24H23NO6/c1-29-20-10-9-16(13-21(20)30-2)22(26)17-7-5-11-25(14-17)23(27)18-12-15-6-3-4-8-19(15)31-24(18)28/h3-4,6,8-10,12-13,17H,5,7,11,14H2,1-2H3/t17-/m0/s1. The zero-order chi connectivity index (χ0) is 22.0. The average molecular weight is 421 g/mol. The van der Waals surface area contributed by atoms with Gasteiger partial charge in [-0.15, -0.1) is 0 Å². The van der Waals surface area contributed by atoms with E-state index in [1.54, 1.807) is 47.4 Å². The van der Waals surface area contributed by atoms with Crippen molar-refractivity contribution in [2.75, 3.05) is 27.3 Å². The van der Waals surface area contributed by atoms with Crippen molar-refractivity contribution in [2.45, 2.75) is 12.8 Å². The summed E-state index contributed by atoms with van der Waals surface area (Å²) >= 11 is 0. The molecule has 1 aliphatic heterocycles. The number of Topliss-reactive ketones (excluding diaryl/α,β-unsaturated/α-hetero) is 1. The predicted molar refractivity (Wildman–Crippen MR) is 115 cm³/mol. The molecule has 7 heteroatoms. The molecule has 4 rings (SSSR count). The van der Waals surface area contributed by atoms with Gasteiger partial charge in [-0.05, 0) is 43.2 Å². The van der Waals surface area contributed by atoms with Crippen LogP contribution in [-0.4, -0.2) is 43.9 Å². The summed E-state index contributed by atoms with van der Waals surface area (Å²) in [4.78, 5) is 40.1. The van der Waals surface area contributed by atoms with Gasteiger partial charge < -0.3 is 18.8 Å². The van der Waals surface area contributed by atoms with Crippen LogP contribution in [0.5, 0.6) is 11.5 Å². The molecule has 1 fully saturated rings. The van der Waals surface area contributed by atoms with Crippen molar-refractivity contribution < 1.29 is 23.5 Å². The highest BCUT2D eigenvalue weighted by Crippen LogP contribution is 2.30. The van der Waals surface area contributed by atoms with Crippen LogP contribution in [0.2, 0.25) is 0 Å². The molecule has 0 N–H and O–H groups in total. The Kier molecular flexibility index (Phi) is 5.75. The molecule has 1 saturated heterocycles. The third-order valence-electron chi connectivity index (χ3n) is 5.62. The lowest BCUT2D eigenvalue weighted by Gasteiger charge is -2.32. The third-order valence-corrected chi connectivity index (χ3v) is 5.62. The van der Waals surface area contributed by atoms with Crippen LogP contribution in [0.25, 0.3) is 11.0 Å². The van der Waals surface area contributed by atoms with Crippen molar-refractivity contribution in [3.05, 3.63) is 70.1 Å². The summed E-state index contributed by atoms with van der Waals surface area (Å²) < 4.78 is 15.8. The fourth-order valence-corrected chi connectivity index (χ4v) is 3.98. The zero-order valence-corrected chi connectivity index (χ0v) is 17.4. The SMILES string of the molecule is COc1ccc(C(=O)[C@H]2CCCN(C(=O)c3cc4ccccc4oc3=O)C2)cc1OC. The van der Waals surface area contributed by atoms with Crippen LogP contribution in [0.4, 0.5) is 0 Å². The summed E-state index contributed by atoms with van der Waals surface area (Å²) in [5.74, 6) is 0.185. The van der Waals surface area contributed by atoms with Crippen LogP contribution < -0.4 is 15.1 Å². The van der Waals surface area contributed by atoms with Gasteiger partial charge in [0.25, 0.3) is 5.91 Å². The minimum absolute atomic E-state index is 0.0158. The van der Waals surface area contributed by atoms with Crippen molar-refractivity contribution in [1.29, 1.82) is 0 Å². The van der Waals surface area contributed by atoms with Gasteiger partial charge in [0.1, 0.15) is 11.1 Å². The minimum atomic E-state index is -0.669. The fourth-order valence-electron chi connectivity index (χ4n) is 3.98. The second-order valence-corrected chi connectivity index (χ2v) is 7.51. The van der Waals surface area contributed by atoms with Crippen molar-refractivity contribution in [3.63, 3.8) is 0 Å². The summed E-state index contributed by atoms with van der Waals surface area (Å²) in [6, 6.07) is 13.7. The van der Waals surface area contributed by atoms with Gasteiger partial charge in [-0.3, -0.25) is 9.59 Å². The summed E-state index contributed by atoms with van der Waals surface area (Å²) in [6.45, 7) is 0.735. The van der Waals surface area contributed by atoms with Crippen LogP contribution in [-0.2, 0) is 0 Å². The first-order valence-electron chi connectivity index (χ1n) is 10.1. The number of hydrogen-bond donors (Lipinski definition) is 0. The van der Waals surface area contributed by atoms with E-state index < -0.39 is 11.5 Å². The highest BCUT2D eigenvalue weighted by atomic mass is 16.5. The molecule has 3 aromatic rings. The Bertz CT molecular complexity index is 1200. The molecule has 0 unspecified atom stereocenters. The average Bonchev–Trinajstić information content (AvgIpc) is 2.82. The number of carbonyl (C=O) groups is 2.